The van der Waals surface area contributed by atoms with Crippen LogP contribution >= 0.6 is 0 Å². The van der Waals surface area contributed by atoms with Crippen LogP contribution in [0.15, 0.2) is 0 Å². The van der Waals surface area contributed by atoms with Crippen molar-refractivity contribution in [2.24, 2.45) is 23.7 Å². The van der Waals surface area contributed by atoms with Gasteiger partial charge in [-0.25, -0.2) is 0 Å². The van der Waals surface area contributed by atoms with Gasteiger partial charge >= 0.3 is 0 Å². The fourth-order valence-corrected chi connectivity index (χ4v) is 4.46. The van der Waals surface area contributed by atoms with Crippen molar-refractivity contribution in [1.29, 1.82) is 0 Å². The Morgan fingerprint density at radius 2 is 2.05 bits per heavy atom. The molecule has 0 aromatic carbocycles. The molecule has 0 amide bonds. The van der Waals surface area contributed by atoms with Gasteiger partial charge in [-0.1, -0.05) is 20.8 Å². The minimum atomic E-state index is 0.722. The average molecular weight is 282 g/mol. The number of hydrogen-bond donors (Lipinski definition) is 1. The number of ether oxygens (including phenoxy) is 1. The van der Waals surface area contributed by atoms with E-state index in [1.54, 1.807) is 0 Å². The predicted octanol–water partition coefficient (Wildman–Crippen LogP) is 2.62. The topological polar surface area (TPSA) is 24.5 Å². The van der Waals surface area contributed by atoms with E-state index in [4.69, 9.17) is 4.74 Å². The van der Waals surface area contributed by atoms with Crippen LogP contribution in [0.4, 0.5) is 0 Å². The lowest BCUT2D eigenvalue weighted by Crippen LogP contribution is -2.48. The molecular weight excluding hydrogens is 248 g/mol. The average Bonchev–Trinajstić information content (AvgIpc) is 2.82. The molecule has 5 unspecified atom stereocenters. The molecule has 1 N–H and O–H groups in total. The first-order chi connectivity index (χ1) is 9.63. The molecule has 0 bridgehead atoms. The van der Waals surface area contributed by atoms with E-state index < -0.39 is 0 Å². The van der Waals surface area contributed by atoms with Crippen molar-refractivity contribution in [3.63, 3.8) is 0 Å². The van der Waals surface area contributed by atoms with Crippen molar-refractivity contribution in [2.45, 2.75) is 46.1 Å². The van der Waals surface area contributed by atoms with Crippen LogP contribution in [0.5, 0.6) is 0 Å². The highest BCUT2D eigenvalue weighted by molar-refractivity contribution is 4.90. The Labute approximate surface area is 125 Å². The molecule has 2 aliphatic rings. The van der Waals surface area contributed by atoms with Gasteiger partial charge in [-0.05, 0) is 56.0 Å². The number of nitrogens with zero attached hydrogens (tertiary/aromatic N) is 1. The Kier molecular flexibility index (Phi) is 6.31. The first-order valence-electron chi connectivity index (χ1n) is 8.58. The van der Waals surface area contributed by atoms with Crippen LogP contribution in [0, 0.1) is 23.7 Å². The van der Waals surface area contributed by atoms with Gasteiger partial charge in [-0.2, -0.15) is 0 Å². The number of rotatable bonds is 6. The second-order valence-electron chi connectivity index (χ2n) is 7.25. The lowest BCUT2D eigenvalue weighted by molar-refractivity contribution is 0.105. The van der Waals surface area contributed by atoms with Crippen LogP contribution in [0.1, 0.15) is 40.0 Å². The summed E-state index contributed by atoms with van der Waals surface area (Å²) in [7, 11) is 1.83. The van der Waals surface area contributed by atoms with Crippen molar-refractivity contribution in [3.8, 4) is 0 Å². The van der Waals surface area contributed by atoms with Crippen LogP contribution < -0.4 is 5.32 Å². The quantitative estimate of drug-likeness (QED) is 0.810. The summed E-state index contributed by atoms with van der Waals surface area (Å²) in [5, 5.41) is 3.75. The summed E-state index contributed by atoms with van der Waals surface area (Å²) >= 11 is 0. The van der Waals surface area contributed by atoms with Gasteiger partial charge in [0.1, 0.15) is 0 Å². The molecule has 1 saturated carbocycles. The summed E-state index contributed by atoms with van der Waals surface area (Å²) in [6, 6.07) is 0.722. The van der Waals surface area contributed by atoms with Gasteiger partial charge in [0.2, 0.25) is 0 Å². The Morgan fingerprint density at radius 3 is 2.75 bits per heavy atom. The van der Waals surface area contributed by atoms with E-state index in [2.05, 4.69) is 31.0 Å². The summed E-state index contributed by atoms with van der Waals surface area (Å²) < 4.78 is 5.32. The monoisotopic (exact) mass is 282 g/mol. The third-order valence-electron chi connectivity index (χ3n) is 5.39. The number of likely N-dealkylation sites (tertiary alicyclic amines) is 1. The molecule has 0 aromatic rings. The highest BCUT2D eigenvalue weighted by Crippen LogP contribution is 2.35. The van der Waals surface area contributed by atoms with Crippen molar-refractivity contribution in [3.05, 3.63) is 0 Å². The zero-order valence-electron chi connectivity index (χ0n) is 13.9. The first kappa shape index (κ1) is 16.3. The second-order valence-corrected chi connectivity index (χ2v) is 7.25. The van der Waals surface area contributed by atoms with Gasteiger partial charge in [0.25, 0.3) is 0 Å². The standard InChI is InChI=1S/C17H34N2O/c1-5-18-17-9-13(2)8-14(3)16(17)11-19-7-6-15(10-19)12-20-4/h13-18H,5-12H2,1-4H3. The van der Waals surface area contributed by atoms with Crippen molar-refractivity contribution >= 4 is 0 Å². The molecule has 20 heavy (non-hydrogen) atoms. The molecule has 1 aliphatic carbocycles. The first-order valence-corrected chi connectivity index (χ1v) is 8.58. The largest absolute Gasteiger partial charge is 0.384 e. The van der Waals surface area contributed by atoms with Crippen LogP contribution in [-0.4, -0.2) is 50.8 Å². The Morgan fingerprint density at radius 1 is 1.25 bits per heavy atom. The molecule has 2 fully saturated rings. The molecule has 3 heteroatoms. The van der Waals surface area contributed by atoms with Crippen LogP contribution in [0.25, 0.3) is 0 Å². The maximum Gasteiger partial charge on any atom is 0.0503 e. The summed E-state index contributed by atoms with van der Waals surface area (Å²) in [5.41, 5.74) is 0. The van der Waals surface area contributed by atoms with Crippen LogP contribution in [0.2, 0.25) is 0 Å². The molecule has 1 saturated heterocycles. The third kappa shape index (κ3) is 4.19. The molecule has 3 nitrogen and oxygen atoms in total. The van der Waals surface area contributed by atoms with E-state index in [9.17, 15) is 0 Å². The third-order valence-corrected chi connectivity index (χ3v) is 5.39. The van der Waals surface area contributed by atoms with E-state index in [1.807, 2.05) is 7.11 Å². The highest BCUT2D eigenvalue weighted by Gasteiger charge is 2.35. The van der Waals surface area contributed by atoms with Gasteiger partial charge in [0, 0.05) is 26.2 Å². The molecule has 1 heterocycles. The minimum Gasteiger partial charge on any atom is -0.384 e. The maximum absolute atomic E-state index is 5.32. The van der Waals surface area contributed by atoms with Crippen molar-refractivity contribution in [1.82, 2.24) is 10.2 Å². The van der Waals surface area contributed by atoms with E-state index in [1.165, 1.54) is 38.9 Å². The van der Waals surface area contributed by atoms with Gasteiger partial charge in [0.05, 0.1) is 6.61 Å². The smallest absolute Gasteiger partial charge is 0.0503 e. The molecule has 0 radical (unpaired) electrons. The summed E-state index contributed by atoms with van der Waals surface area (Å²) in [6.45, 7) is 13.0. The molecule has 5 atom stereocenters. The second kappa shape index (κ2) is 7.77. The predicted molar refractivity (Wildman–Crippen MR) is 84.9 cm³/mol. The van der Waals surface area contributed by atoms with E-state index >= 15 is 0 Å². The summed E-state index contributed by atoms with van der Waals surface area (Å²) in [5.74, 6) is 3.32. The Hall–Kier alpha value is -0.120. The van der Waals surface area contributed by atoms with E-state index in [-0.39, 0.29) is 0 Å². The minimum absolute atomic E-state index is 0.722. The van der Waals surface area contributed by atoms with Gasteiger partial charge in [-0.3, -0.25) is 0 Å². The highest BCUT2D eigenvalue weighted by atomic mass is 16.5. The molecule has 0 spiro atoms. The Balaban J connectivity index is 1.88. The molecule has 1 aliphatic heterocycles. The Bertz CT molecular complexity index is 284. The molecular formula is C17H34N2O. The zero-order valence-corrected chi connectivity index (χ0v) is 13.9. The number of nitrogens with one attached hydrogen (secondary N) is 1. The number of hydrogen-bond acceptors (Lipinski definition) is 3. The fourth-order valence-electron chi connectivity index (χ4n) is 4.46. The van der Waals surface area contributed by atoms with Gasteiger partial charge in [-0.15, -0.1) is 0 Å². The zero-order chi connectivity index (χ0) is 14.5. The number of methoxy groups -OCH3 is 1. The lowest BCUT2D eigenvalue weighted by atomic mass is 9.72. The van der Waals surface area contributed by atoms with Crippen molar-refractivity contribution < 1.29 is 4.74 Å². The van der Waals surface area contributed by atoms with Gasteiger partial charge < -0.3 is 15.0 Å². The molecule has 118 valence electrons. The summed E-state index contributed by atoms with van der Waals surface area (Å²) in [6.07, 6.45) is 4.08. The lowest BCUT2D eigenvalue weighted by Gasteiger charge is -2.42. The maximum atomic E-state index is 5.32. The van der Waals surface area contributed by atoms with Crippen molar-refractivity contribution in [2.75, 3.05) is 39.9 Å². The van der Waals surface area contributed by atoms with Gasteiger partial charge in [0.15, 0.2) is 0 Å². The molecule has 2 rings (SSSR count). The van der Waals surface area contributed by atoms with Crippen LogP contribution in [0.3, 0.4) is 0 Å². The fraction of sp³-hybridized carbons (Fsp3) is 1.00. The summed E-state index contributed by atoms with van der Waals surface area (Å²) in [4.78, 5) is 2.69. The van der Waals surface area contributed by atoms with Crippen LogP contribution in [-0.2, 0) is 4.74 Å². The normalized spacial score (nSPS) is 39.3. The molecule has 0 aromatic heterocycles. The van der Waals surface area contributed by atoms with E-state index in [0.717, 1.165) is 42.9 Å². The van der Waals surface area contributed by atoms with E-state index in [0.29, 0.717) is 0 Å². The SMILES string of the molecule is CCNC1CC(C)CC(C)C1CN1CCC(COC)C1.